The van der Waals surface area contributed by atoms with E-state index in [0.29, 0.717) is 19.5 Å². The normalized spacial score (nSPS) is 21.5. The Labute approximate surface area is 176 Å². The molecule has 7 nitrogen and oxygen atoms in total. The molecule has 1 atom stereocenters. The maximum atomic E-state index is 12.7. The highest BCUT2D eigenvalue weighted by atomic mass is 16.5. The Balaban J connectivity index is 1.32. The number of nitrogens with zero attached hydrogens (tertiary/aromatic N) is 3. The zero-order valence-electron chi connectivity index (χ0n) is 17.4. The number of likely N-dealkylation sites (tertiary alicyclic amines) is 1. The Kier molecular flexibility index (Phi) is 5.06. The summed E-state index contributed by atoms with van der Waals surface area (Å²) in [5.74, 6) is 2.26. The lowest BCUT2D eigenvalue weighted by atomic mass is 10.0. The van der Waals surface area contributed by atoms with Gasteiger partial charge in [-0.3, -0.25) is 14.5 Å². The van der Waals surface area contributed by atoms with Crippen molar-refractivity contribution in [1.82, 2.24) is 19.8 Å². The van der Waals surface area contributed by atoms with Crippen molar-refractivity contribution in [3.8, 4) is 5.75 Å². The lowest BCUT2D eigenvalue weighted by Gasteiger charge is -2.28. The summed E-state index contributed by atoms with van der Waals surface area (Å²) < 4.78 is 5.48. The van der Waals surface area contributed by atoms with Crippen LogP contribution < -0.4 is 10.3 Å². The minimum Gasteiger partial charge on any atom is -0.496 e. The lowest BCUT2D eigenvalue weighted by Crippen LogP contribution is -2.36. The Morgan fingerprint density at radius 3 is 2.87 bits per heavy atom. The first kappa shape index (κ1) is 19.3. The number of hydrogen-bond acceptors (Lipinski definition) is 5. The van der Waals surface area contributed by atoms with E-state index in [1.54, 1.807) is 7.11 Å². The van der Waals surface area contributed by atoms with E-state index in [1.165, 1.54) is 0 Å². The average molecular weight is 409 g/mol. The molecule has 30 heavy (non-hydrogen) atoms. The predicted octanol–water partition coefficient (Wildman–Crippen LogP) is 2.06. The van der Waals surface area contributed by atoms with E-state index in [9.17, 15) is 9.59 Å². The molecular weight excluding hydrogens is 380 g/mol. The molecule has 2 fully saturated rings. The molecule has 1 aromatic heterocycles. The van der Waals surface area contributed by atoms with Crippen molar-refractivity contribution in [2.75, 3.05) is 26.7 Å². The number of amides is 1. The number of ether oxygens (including phenoxy) is 1. The minimum absolute atomic E-state index is 0.0149. The van der Waals surface area contributed by atoms with Crippen molar-refractivity contribution in [2.45, 2.75) is 44.7 Å². The van der Waals surface area contributed by atoms with Gasteiger partial charge in [-0.15, -0.1) is 0 Å². The van der Waals surface area contributed by atoms with E-state index in [2.05, 4.69) is 16.0 Å². The zero-order valence-corrected chi connectivity index (χ0v) is 17.4. The van der Waals surface area contributed by atoms with E-state index in [-0.39, 0.29) is 23.3 Å². The number of aromatic nitrogens is 2. The molecule has 158 valence electrons. The molecule has 0 radical (unpaired) electrons. The van der Waals surface area contributed by atoms with Crippen LogP contribution >= 0.6 is 0 Å². The smallest absolute Gasteiger partial charge is 0.254 e. The number of para-hydroxylation sites is 1. The Hall–Kier alpha value is -2.67. The second kappa shape index (κ2) is 7.87. The highest BCUT2D eigenvalue weighted by Gasteiger charge is 2.37. The number of H-pyrrole nitrogens is 1. The fourth-order valence-electron chi connectivity index (χ4n) is 4.69. The van der Waals surface area contributed by atoms with Crippen LogP contribution in [0.2, 0.25) is 0 Å². The number of benzene rings is 1. The number of aromatic amines is 1. The molecule has 7 heteroatoms. The van der Waals surface area contributed by atoms with Gasteiger partial charge >= 0.3 is 0 Å². The highest BCUT2D eigenvalue weighted by Crippen LogP contribution is 2.34. The molecule has 1 N–H and O–H groups in total. The SMILES string of the molecule is COc1ccccc1CN1CCc2c(nc([C@@H]3CCN(C(=O)C4CC4)C3)[nH]c2=O)C1. The number of hydrogen-bond donors (Lipinski definition) is 1. The van der Waals surface area contributed by atoms with Crippen molar-refractivity contribution < 1.29 is 9.53 Å². The third-order valence-electron chi connectivity index (χ3n) is 6.57. The number of methoxy groups -OCH3 is 1. The summed E-state index contributed by atoms with van der Waals surface area (Å²) in [5, 5.41) is 0. The number of rotatable bonds is 5. The predicted molar refractivity (Wildman–Crippen MR) is 112 cm³/mol. The van der Waals surface area contributed by atoms with E-state index in [1.807, 2.05) is 23.1 Å². The summed E-state index contributed by atoms with van der Waals surface area (Å²) in [6.07, 6.45) is 3.61. The quantitative estimate of drug-likeness (QED) is 0.819. The fourth-order valence-corrected chi connectivity index (χ4v) is 4.69. The molecule has 3 aliphatic rings. The summed E-state index contributed by atoms with van der Waals surface area (Å²) in [6.45, 7) is 3.67. The van der Waals surface area contributed by atoms with Gasteiger partial charge in [0.15, 0.2) is 0 Å². The largest absolute Gasteiger partial charge is 0.496 e. The van der Waals surface area contributed by atoms with Crippen LogP contribution in [0.15, 0.2) is 29.1 Å². The second-order valence-corrected chi connectivity index (χ2v) is 8.69. The first-order valence-corrected chi connectivity index (χ1v) is 10.9. The third kappa shape index (κ3) is 3.74. The molecule has 2 aliphatic heterocycles. The Morgan fingerprint density at radius 1 is 1.23 bits per heavy atom. The van der Waals surface area contributed by atoms with Crippen LogP contribution in [0.3, 0.4) is 0 Å². The lowest BCUT2D eigenvalue weighted by molar-refractivity contribution is -0.131. The molecule has 0 spiro atoms. The number of carbonyl (C=O) groups excluding carboxylic acids is 1. The van der Waals surface area contributed by atoms with Gasteiger partial charge in [0.2, 0.25) is 5.91 Å². The van der Waals surface area contributed by atoms with Crippen LogP contribution in [-0.2, 0) is 24.3 Å². The molecule has 1 aliphatic carbocycles. The van der Waals surface area contributed by atoms with Crippen molar-refractivity contribution in [3.63, 3.8) is 0 Å². The van der Waals surface area contributed by atoms with Gasteiger partial charge in [0, 0.05) is 55.7 Å². The van der Waals surface area contributed by atoms with Gasteiger partial charge in [0.1, 0.15) is 11.6 Å². The fraction of sp³-hybridized carbons (Fsp3) is 0.522. The molecular formula is C23H28N4O3. The maximum Gasteiger partial charge on any atom is 0.254 e. The monoisotopic (exact) mass is 408 g/mol. The number of fused-ring (bicyclic) bond motifs is 1. The van der Waals surface area contributed by atoms with Gasteiger partial charge in [-0.25, -0.2) is 4.98 Å². The van der Waals surface area contributed by atoms with Crippen molar-refractivity contribution >= 4 is 5.91 Å². The van der Waals surface area contributed by atoms with Gasteiger partial charge in [-0.2, -0.15) is 0 Å². The molecule has 1 saturated carbocycles. The summed E-state index contributed by atoms with van der Waals surface area (Å²) >= 11 is 0. The van der Waals surface area contributed by atoms with Gasteiger partial charge in [0.05, 0.1) is 12.8 Å². The first-order chi connectivity index (χ1) is 14.6. The molecule has 0 bridgehead atoms. The van der Waals surface area contributed by atoms with Crippen molar-refractivity contribution in [3.05, 3.63) is 57.3 Å². The van der Waals surface area contributed by atoms with Gasteiger partial charge < -0.3 is 14.6 Å². The second-order valence-electron chi connectivity index (χ2n) is 8.69. The molecule has 2 aromatic rings. The number of nitrogens with one attached hydrogen (secondary N) is 1. The molecule has 1 saturated heterocycles. The van der Waals surface area contributed by atoms with Crippen molar-refractivity contribution in [1.29, 1.82) is 0 Å². The topological polar surface area (TPSA) is 78.5 Å². The van der Waals surface area contributed by atoms with Crippen LogP contribution in [0.25, 0.3) is 0 Å². The molecule has 0 unspecified atom stereocenters. The van der Waals surface area contributed by atoms with E-state index in [0.717, 1.165) is 67.3 Å². The summed E-state index contributed by atoms with van der Waals surface area (Å²) in [7, 11) is 1.69. The standard InChI is InChI=1S/C23H28N4O3/c1-30-20-5-3-2-4-16(20)12-26-10-9-18-19(14-26)24-21(25-22(18)28)17-8-11-27(13-17)23(29)15-6-7-15/h2-5,15,17H,6-14H2,1H3,(H,24,25,28)/t17-/m1/s1. The van der Waals surface area contributed by atoms with Crippen LogP contribution in [0.4, 0.5) is 0 Å². The van der Waals surface area contributed by atoms with Gasteiger partial charge in [0.25, 0.3) is 5.56 Å². The zero-order chi connectivity index (χ0) is 20.7. The highest BCUT2D eigenvalue weighted by molar-refractivity contribution is 5.81. The summed E-state index contributed by atoms with van der Waals surface area (Å²) in [6, 6.07) is 8.05. The van der Waals surface area contributed by atoms with E-state index < -0.39 is 0 Å². The molecule has 3 heterocycles. The van der Waals surface area contributed by atoms with Gasteiger partial charge in [-0.05, 0) is 31.7 Å². The first-order valence-electron chi connectivity index (χ1n) is 10.9. The van der Waals surface area contributed by atoms with Crippen LogP contribution in [0, 0.1) is 5.92 Å². The molecule has 1 amide bonds. The summed E-state index contributed by atoms with van der Waals surface area (Å²) in [5.41, 5.74) is 2.80. The maximum absolute atomic E-state index is 12.7. The van der Waals surface area contributed by atoms with Gasteiger partial charge in [-0.1, -0.05) is 18.2 Å². The number of carbonyl (C=O) groups is 1. The molecule has 1 aromatic carbocycles. The van der Waals surface area contributed by atoms with Crippen LogP contribution in [0.1, 0.15) is 47.8 Å². The Morgan fingerprint density at radius 2 is 2.07 bits per heavy atom. The van der Waals surface area contributed by atoms with Crippen LogP contribution in [0.5, 0.6) is 5.75 Å². The third-order valence-corrected chi connectivity index (χ3v) is 6.57. The Bertz CT molecular complexity index is 1010. The average Bonchev–Trinajstić information content (AvgIpc) is 3.49. The van der Waals surface area contributed by atoms with E-state index in [4.69, 9.17) is 9.72 Å². The van der Waals surface area contributed by atoms with E-state index >= 15 is 0 Å². The van der Waals surface area contributed by atoms with Crippen LogP contribution in [-0.4, -0.2) is 52.4 Å². The minimum atomic E-state index is -0.0149. The summed E-state index contributed by atoms with van der Waals surface area (Å²) in [4.78, 5) is 37.3. The van der Waals surface area contributed by atoms with Crippen molar-refractivity contribution in [2.24, 2.45) is 5.92 Å². The molecule has 5 rings (SSSR count).